The van der Waals surface area contributed by atoms with Crippen molar-refractivity contribution in [3.05, 3.63) is 63.4 Å². The summed E-state index contributed by atoms with van der Waals surface area (Å²) in [6.45, 7) is 1.60. The fourth-order valence-corrected chi connectivity index (χ4v) is 2.18. The maximum Gasteiger partial charge on any atom is 0.258 e. The van der Waals surface area contributed by atoms with Crippen molar-refractivity contribution in [2.24, 2.45) is 0 Å². The lowest BCUT2D eigenvalue weighted by Crippen LogP contribution is -2.14. The molecule has 2 aromatic rings. The minimum atomic E-state index is -0.533. The van der Waals surface area contributed by atoms with Crippen LogP contribution < -0.4 is 5.32 Å². The van der Waals surface area contributed by atoms with E-state index in [9.17, 15) is 9.18 Å². The Morgan fingerprint density at radius 2 is 2.10 bits per heavy atom. The van der Waals surface area contributed by atoms with Crippen molar-refractivity contribution in [2.45, 2.75) is 6.92 Å². The molecule has 20 heavy (non-hydrogen) atoms. The third-order valence-corrected chi connectivity index (χ3v) is 3.44. The smallest absolute Gasteiger partial charge is 0.258 e. The van der Waals surface area contributed by atoms with Crippen LogP contribution in [-0.2, 0) is 0 Å². The molecule has 1 amide bonds. The second-order valence-corrected chi connectivity index (χ2v) is 5.05. The SMILES string of the molecule is Cc1cccc(C(=O)Nc2ccc(C#N)cc2Br)c1F. The summed E-state index contributed by atoms with van der Waals surface area (Å²) in [5.41, 5.74) is 1.35. The highest BCUT2D eigenvalue weighted by Gasteiger charge is 2.14. The van der Waals surface area contributed by atoms with Crippen molar-refractivity contribution in [1.29, 1.82) is 5.26 Å². The highest BCUT2D eigenvalue weighted by Crippen LogP contribution is 2.24. The van der Waals surface area contributed by atoms with Crippen LogP contribution in [0.4, 0.5) is 10.1 Å². The van der Waals surface area contributed by atoms with E-state index in [0.29, 0.717) is 21.3 Å². The molecule has 5 heteroatoms. The highest BCUT2D eigenvalue weighted by atomic mass is 79.9. The van der Waals surface area contributed by atoms with Crippen LogP contribution in [0.1, 0.15) is 21.5 Å². The summed E-state index contributed by atoms with van der Waals surface area (Å²) in [7, 11) is 0. The lowest BCUT2D eigenvalue weighted by atomic mass is 10.1. The summed E-state index contributed by atoms with van der Waals surface area (Å²) in [4.78, 5) is 12.1. The number of hydrogen-bond donors (Lipinski definition) is 1. The Morgan fingerprint density at radius 3 is 2.75 bits per heavy atom. The van der Waals surface area contributed by atoms with Crippen LogP contribution in [0, 0.1) is 24.1 Å². The van der Waals surface area contributed by atoms with Gasteiger partial charge in [-0.2, -0.15) is 5.26 Å². The number of halogens is 2. The minimum absolute atomic E-state index is 0.0127. The van der Waals surface area contributed by atoms with E-state index in [2.05, 4.69) is 21.2 Å². The summed E-state index contributed by atoms with van der Waals surface area (Å²) in [6.07, 6.45) is 0. The van der Waals surface area contributed by atoms with E-state index in [-0.39, 0.29) is 5.56 Å². The van der Waals surface area contributed by atoms with Gasteiger partial charge in [-0.15, -0.1) is 0 Å². The second-order valence-electron chi connectivity index (χ2n) is 4.20. The molecular formula is C15H10BrFN2O. The number of nitriles is 1. The Kier molecular flexibility index (Phi) is 4.16. The monoisotopic (exact) mass is 332 g/mol. The Hall–Kier alpha value is -2.19. The zero-order valence-corrected chi connectivity index (χ0v) is 12.2. The molecular weight excluding hydrogens is 323 g/mol. The number of amides is 1. The summed E-state index contributed by atoms with van der Waals surface area (Å²) in [6, 6.07) is 11.4. The molecule has 0 saturated carbocycles. The number of rotatable bonds is 2. The minimum Gasteiger partial charge on any atom is -0.321 e. The average Bonchev–Trinajstić information content (AvgIpc) is 2.44. The van der Waals surface area contributed by atoms with Crippen LogP contribution in [0.15, 0.2) is 40.9 Å². The Balaban J connectivity index is 2.29. The molecule has 0 fully saturated rings. The lowest BCUT2D eigenvalue weighted by molar-refractivity contribution is 0.102. The van der Waals surface area contributed by atoms with Crippen molar-refractivity contribution < 1.29 is 9.18 Å². The van der Waals surface area contributed by atoms with Gasteiger partial charge in [0.05, 0.1) is 22.9 Å². The molecule has 0 unspecified atom stereocenters. The van der Waals surface area contributed by atoms with Crippen molar-refractivity contribution in [3.8, 4) is 6.07 Å². The molecule has 2 rings (SSSR count). The molecule has 0 atom stereocenters. The van der Waals surface area contributed by atoms with Crippen LogP contribution in [-0.4, -0.2) is 5.91 Å². The Labute approximate surface area is 124 Å². The molecule has 0 aliphatic heterocycles. The quantitative estimate of drug-likeness (QED) is 0.902. The maximum absolute atomic E-state index is 13.9. The molecule has 0 aromatic heterocycles. The highest BCUT2D eigenvalue weighted by molar-refractivity contribution is 9.10. The van der Waals surface area contributed by atoms with Gasteiger partial charge in [-0.05, 0) is 52.7 Å². The van der Waals surface area contributed by atoms with E-state index >= 15 is 0 Å². The number of benzene rings is 2. The van der Waals surface area contributed by atoms with E-state index in [0.717, 1.165) is 0 Å². The van der Waals surface area contributed by atoms with Gasteiger partial charge < -0.3 is 5.32 Å². The summed E-state index contributed by atoms with van der Waals surface area (Å²) >= 11 is 3.26. The van der Waals surface area contributed by atoms with Crippen LogP contribution >= 0.6 is 15.9 Å². The molecule has 0 aliphatic rings. The van der Waals surface area contributed by atoms with Gasteiger partial charge in [-0.1, -0.05) is 12.1 Å². The summed E-state index contributed by atoms with van der Waals surface area (Å²) in [5, 5.41) is 11.4. The maximum atomic E-state index is 13.9. The van der Waals surface area contributed by atoms with Crippen LogP contribution in [0.5, 0.6) is 0 Å². The third-order valence-electron chi connectivity index (χ3n) is 2.78. The molecule has 0 radical (unpaired) electrons. The number of carbonyl (C=O) groups excluding carboxylic acids is 1. The van der Waals surface area contributed by atoms with Gasteiger partial charge in [-0.25, -0.2) is 4.39 Å². The van der Waals surface area contributed by atoms with Gasteiger partial charge in [0.15, 0.2) is 0 Å². The fourth-order valence-electron chi connectivity index (χ4n) is 1.70. The molecule has 1 N–H and O–H groups in total. The molecule has 0 saturated heterocycles. The van der Waals surface area contributed by atoms with Gasteiger partial charge in [0.25, 0.3) is 5.91 Å². The van der Waals surface area contributed by atoms with E-state index in [1.807, 2.05) is 6.07 Å². The number of aryl methyl sites for hydroxylation is 1. The summed E-state index contributed by atoms with van der Waals surface area (Å²) in [5.74, 6) is -1.06. The Bertz CT molecular complexity index is 722. The molecule has 0 spiro atoms. The van der Waals surface area contributed by atoms with Gasteiger partial charge in [0.2, 0.25) is 0 Å². The number of carbonyl (C=O) groups is 1. The van der Waals surface area contributed by atoms with E-state index in [1.165, 1.54) is 6.07 Å². The molecule has 100 valence electrons. The number of nitrogens with one attached hydrogen (secondary N) is 1. The normalized spacial score (nSPS) is 9.90. The van der Waals surface area contributed by atoms with Crippen molar-refractivity contribution in [3.63, 3.8) is 0 Å². The van der Waals surface area contributed by atoms with E-state index < -0.39 is 11.7 Å². The number of hydrogen-bond acceptors (Lipinski definition) is 2. The van der Waals surface area contributed by atoms with Crippen LogP contribution in [0.2, 0.25) is 0 Å². The first-order valence-corrected chi connectivity index (χ1v) is 6.58. The standard InChI is InChI=1S/C15H10BrFN2O/c1-9-3-2-4-11(14(9)17)15(20)19-13-6-5-10(8-18)7-12(13)16/h2-7H,1H3,(H,19,20). The van der Waals surface area contributed by atoms with E-state index in [4.69, 9.17) is 5.26 Å². The lowest BCUT2D eigenvalue weighted by Gasteiger charge is -2.09. The number of nitrogens with zero attached hydrogens (tertiary/aromatic N) is 1. The largest absolute Gasteiger partial charge is 0.321 e. The zero-order chi connectivity index (χ0) is 14.7. The van der Waals surface area contributed by atoms with Gasteiger partial charge in [0, 0.05) is 4.47 Å². The van der Waals surface area contributed by atoms with Crippen molar-refractivity contribution in [1.82, 2.24) is 0 Å². The molecule has 0 bridgehead atoms. The first kappa shape index (κ1) is 14.2. The first-order chi connectivity index (χ1) is 9.52. The van der Waals surface area contributed by atoms with Crippen molar-refractivity contribution >= 4 is 27.5 Å². The van der Waals surface area contributed by atoms with Crippen molar-refractivity contribution in [2.75, 3.05) is 5.32 Å². The van der Waals surface area contributed by atoms with Crippen LogP contribution in [0.3, 0.4) is 0 Å². The second kappa shape index (κ2) is 5.85. The predicted molar refractivity (Wildman–Crippen MR) is 77.9 cm³/mol. The molecule has 0 heterocycles. The van der Waals surface area contributed by atoms with Crippen LogP contribution in [0.25, 0.3) is 0 Å². The van der Waals surface area contributed by atoms with Gasteiger partial charge in [-0.3, -0.25) is 4.79 Å². The predicted octanol–water partition coefficient (Wildman–Crippen LogP) is 4.02. The zero-order valence-electron chi connectivity index (χ0n) is 10.6. The first-order valence-electron chi connectivity index (χ1n) is 5.79. The van der Waals surface area contributed by atoms with E-state index in [1.54, 1.807) is 37.3 Å². The molecule has 3 nitrogen and oxygen atoms in total. The third kappa shape index (κ3) is 2.86. The number of anilines is 1. The fraction of sp³-hybridized carbons (Fsp3) is 0.0667. The van der Waals surface area contributed by atoms with Gasteiger partial charge in [0.1, 0.15) is 5.82 Å². The topological polar surface area (TPSA) is 52.9 Å². The average molecular weight is 333 g/mol. The van der Waals surface area contributed by atoms with Gasteiger partial charge >= 0.3 is 0 Å². The molecule has 2 aromatic carbocycles. The summed E-state index contributed by atoms with van der Waals surface area (Å²) < 4.78 is 14.4. The molecule has 0 aliphatic carbocycles. The Morgan fingerprint density at radius 1 is 1.35 bits per heavy atom.